The van der Waals surface area contributed by atoms with Crippen LogP contribution in [0.3, 0.4) is 0 Å². The average molecular weight is 693 g/mol. The van der Waals surface area contributed by atoms with Crippen LogP contribution in [0.5, 0.6) is 0 Å². The molecule has 2 aromatic heterocycles. The highest BCUT2D eigenvalue weighted by atomic mass is 15.0. The summed E-state index contributed by atoms with van der Waals surface area (Å²) in [6.07, 6.45) is 2.28. The third-order valence-corrected chi connectivity index (χ3v) is 10.9. The predicted molar refractivity (Wildman–Crippen MR) is 221 cm³/mol. The minimum absolute atomic E-state index is 0.227. The van der Waals surface area contributed by atoms with Crippen molar-refractivity contribution in [3.05, 3.63) is 193 Å². The number of hydrogen-bond acceptors (Lipinski definition) is 3. The Morgan fingerprint density at radius 3 is 1.52 bits per heavy atom. The van der Waals surface area contributed by atoms with Crippen LogP contribution in [-0.4, -0.2) is 19.5 Å². The Balaban J connectivity index is 1.03. The van der Waals surface area contributed by atoms with Gasteiger partial charge in [0.05, 0.1) is 5.52 Å². The van der Waals surface area contributed by atoms with Gasteiger partial charge < -0.3 is 4.57 Å². The van der Waals surface area contributed by atoms with Crippen molar-refractivity contribution in [1.82, 2.24) is 19.5 Å². The number of nitrogens with zero attached hydrogens (tertiary/aromatic N) is 4. The van der Waals surface area contributed by atoms with Gasteiger partial charge in [0, 0.05) is 44.9 Å². The van der Waals surface area contributed by atoms with Gasteiger partial charge in [-0.05, 0) is 75.3 Å². The molecule has 4 heteroatoms. The zero-order valence-corrected chi connectivity index (χ0v) is 30.1. The molecule has 0 N–H and O–H groups in total. The van der Waals surface area contributed by atoms with Crippen LogP contribution in [0.1, 0.15) is 25.0 Å². The maximum Gasteiger partial charge on any atom is 0.164 e. The maximum atomic E-state index is 5.02. The Kier molecular flexibility index (Phi) is 7.44. The summed E-state index contributed by atoms with van der Waals surface area (Å²) in [7, 11) is 0. The van der Waals surface area contributed by atoms with Gasteiger partial charge >= 0.3 is 0 Å². The van der Waals surface area contributed by atoms with Gasteiger partial charge in [-0.1, -0.05) is 153 Å². The van der Waals surface area contributed by atoms with Crippen molar-refractivity contribution in [3.63, 3.8) is 0 Å². The van der Waals surface area contributed by atoms with E-state index in [9.17, 15) is 0 Å². The summed E-state index contributed by atoms with van der Waals surface area (Å²) in [6, 6.07) is 62.2. The van der Waals surface area contributed by atoms with E-state index in [1.54, 1.807) is 0 Å². The molecule has 0 saturated heterocycles. The van der Waals surface area contributed by atoms with Crippen molar-refractivity contribution in [2.75, 3.05) is 0 Å². The molecule has 4 nitrogen and oxygen atoms in total. The molecule has 0 bridgehead atoms. The first-order chi connectivity index (χ1) is 26.5. The SMILES string of the molecule is CC1(C)c2cc(-c3cccc(-c4cn(-c5ccccc5)c5ccccc45)c3)ccc2-c2ccc(-c3nc(-c4ccccc4)nc(-c4ccccc4)n3)cc21. The van der Waals surface area contributed by atoms with Gasteiger partial charge in [-0.3, -0.25) is 0 Å². The number of fused-ring (bicyclic) bond motifs is 4. The Bertz CT molecular complexity index is 2780. The van der Waals surface area contributed by atoms with Crippen LogP contribution in [0.4, 0.5) is 0 Å². The Morgan fingerprint density at radius 1 is 0.389 bits per heavy atom. The van der Waals surface area contributed by atoms with Gasteiger partial charge in [0.2, 0.25) is 0 Å². The van der Waals surface area contributed by atoms with Crippen LogP contribution in [0, 0.1) is 0 Å². The highest BCUT2D eigenvalue weighted by molar-refractivity contribution is 5.98. The minimum atomic E-state index is -0.227. The summed E-state index contributed by atoms with van der Waals surface area (Å²) >= 11 is 0. The van der Waals surface area contributed by atoms with Gasteiger partial charge in [-0.25, -0.2) is 15.0 Å². The quantitative estimate of drug-likeness (QED) is 0.174. The van der Waals surface area contributed by atoms with Crippen molar-refractivity contribution in [1.29, 1.82) is 0 Å². The molecule has 10 rings (SSSR count). The fourth-order valence-electron chi connectivity index (χ4n) is 8.07. The molecule has 0 fully saturated rings. The zero-order valence-electron chi connectivity index (χ0n) is 30.1. The van der Waals surface area contributed by atoms with E-state index in [1.807, 2.05) is 60.7 Å². The summed E-state index contributed by atoms with van der Waals surface area (Å²) in [5, 5.41) is 1.24. The fourth-order valence-corrected chi connectivity index (χ4v) is 8.07. The molecule has 0 spiro atoms. The number of hydrogen-bond donors (Lipinski definition) is 0. The van der Waals surface area contributed by atoms with Crippen molar-refractivity contribution in [2.45, 2.75) is 19.3 Å². The van der Waals surface area contributed by atoms with Gasteiger partial charge in [0.1, 0.15) is 0 Å². The Hall–Kier alpha value is -6.91. The van der Waals surface area contributed by atoms with Crippen LogP contribution >= 0.6 is 0 Å². The molecule has 0 amide bonds. The second-order valence-corrected chi connectivity index (χ2v) is 14.5. The van der Waals surface area contributed by atoms with Gasteiger partial charge in [-0.2, -0.15) is 0 Å². The summed E-state index contributed by atoms with van der Waals surface area (Å²) in [5.74, 6) is 2.00. The van der Waals surface area contributed by atoms with Crippen LogP contribution in [0.15, 0.2) is 182 Å². The molecule has 9 aromatic rings. The normalized spacial score (nSPS) is 12.8. The van der Waals surface area contributed by atoms with Gasteiger partial charge in [0.15, 0.2) is 17.5 Å². The zero-order chi connectivity index (χ0) is 36.2. The lowest BCUT2D eigenvalue weighted by atomic mass is 9.81. The molecule has 256 valence electrons. The summed E-state index contributed by atoms with van der Waals surface area (Å²) < 4.78 is 2.29. The molecular weight excluding hydrogens is 657 g/mol. The summed E-state index contributed by atoms with van der Waals surface area (Å²) in [6.45, 7) is 4.66. The largest absolute Gasteiger partial charge is 0.316 e. The molecule has 1 aliphatic carbocycles. The number of rotatable bonds is 6. The van der Waals surface area contributed by atoms with Gasteiger partial charge in [-0.15, -0.1) is 0 Å². The summed E-state index contributed by atoms with van der Waals surface area (Å²) in [5.41, 5.74) is 15.0. The van der Waals surface area contributed by atoms with Crippen molar-refractivity contribution < 1.29 is 0 Å². The van der Waals surface area contributed by atoms with E-state index in [0.717, 1.165) is 22.4 Å². The molecule has 0 radical (unpaired) electrons. The minimum Gasteiger partial charge on any atom is -0.316 e. The molecule has 2 heterocycles. The maximum absolute atomic E-state index is 5.02. The second kappa shape index (κ2) is 12.6. The Morgan fingerprint density at radius 2 is 0.870 bits per heavy atom. The lowest BCUT2D eigenvalue weighted by molar-refractivity contribution is 0.661. The van der Waals surface area contributed by atoms with Crippen LogP contribution in [-0.2, 0) is 5.41 Å². The number of benzene rings is 7. The van der Waals surface area contributed by atoms with Crippen LogP contribution in [0.2, 0.25) is 0 Å². The fraction of sp³-hybridized carbons (Fsp3) is 0.0600. The molecule has 0 unspecified atom stereocenters. The second-order valence-electron chi connectivity index (χ2n) is 14.5. The van der Waals surface area contributed by atoms with Crippen molar-refractivity contribution in [2.24, 2.45) is 0 Å². The topological polar surface area (TPSA) is 43.6 Å². The lowest BCUT2D eigenvalue weighted by Gasteiger charge is -2.22. The van der Waals surface area contributed by atoms with E-state index in [4.69, 9.17) is 15.0 Å². The first-order valence-electron chi connectivity index (χ1n) is 18.4. The van der Waals surface area contributed by atoms with E-state index in [2.05, 4.69) is 140 Å². The highest BCUT2D eigenvalue weighted by Gasteiger charge is 2.36. The van der Waals surface area contributed by atoms with Gasteiger partial charge in [0.25, 0.3) is 0 Å². The highest BCUT2D eigenvalue weighted by Crippen LogP contribution is 2.50. The molecular formula is C50H36N4. The third-order valence-electron chi connectivity index (χ3n) is 10.9. The monoisotopic (exact) mass is 692 g/mol. The van der Waals surface area contributed by atoms with E-state index >= 15 is 0 Å². The van der Waals surface area contributed by atoms with Crippen LogP contribution < -0.4 is 0 Å². The molecule has 0 saturated carbocycles. The number of aromatic nitrogens is 4. The molecule has 7 aromatic carbocycles. The number of para-hydroxylation sites is 2. The average Bonchev–Trinajstić information content (AvgIpc) is 3.74. The third kappa shape index (κ3) is 5.34. The lowest BCUT2D eigenvalue weighted by Crippen LogP contribution is -2.15. The van der Waals surface area contributed by atoms with E-state index in [1.165, 1.54) is 55.4 Å². The van der Waals surface area contributed by atoms with Crippen molar-refractivity contribution >= 4 is 10.9 Å². The van der Waals surface area contributed by atoms with E-state index in [-0.39, 0.29) is 5.41 Å². The van der Waals surface area contributed by atoms with Crippen molar-refractivity contribution in [3.8, 4) is 73.2 Å². The molecule has 0 aliphatic heterocycles. The van der Waals surface area contributed by atoms with E-state index < -0.39 is 0 Å². The summed E-state index contributed by atoms with van der Waals surface area (Å²) in [4.78, 5) is 14.9. The first kappa shape index (κ1) is 31.8. The molecule has 1 aliphatic rings. The van der Waals surface area contributed by atoms with E-state index in [0.29, 0.717) is 17.5 Å². The molecule has 0 atom stereocenters. The molecule has 54 heavy (non-hydrogen) atoms. The predicted octanol–water partition coefficient (Wildman–Crippen LogP) is 12.5. The standard InChI is InChI=1S/C50H36N4/c1-50(2)44-30-36(35-19-14-20-37(29-35)43-32-54(39-21-10-5-11-22-39)46-24-13-12-23-42(43)46)25-27-40(44)41-28-26-38(31-45(41)50)49-52-47(33-15-6-3-7-16-33)51-48(53-49)34-17-8-4-9-18-34/h3-32H,1-2H3. The van der Waals surface area contributed by atoms with Crippen LogP contribution in [0.25, 0.3) is 84.1 Å². The smallest absolute Gasteiger partial charge is 0.164 e. The Labute approximate surface area is 315 Å². The first-order valence-corrected chi connectivity index (χ1v) is 18.4.